The molecule has 2 rings (SSSR count). The lowest BCUT2D eigenvalue weighted by molar-refractivity contribution is 0.390. The standard InChI is InChI=1S/C12H12ClNO2S/c1-8-4-2-3-5-9(8)6-17-7-10-11(13)12(15)14-16-10/h2-5H,6-7H2,1H3,(H,14,15). The highest BCUT2D eigenvalue weighted by molar-refractivity contribution is 7.97. The molecule has 0 aliphatic carbocycles. The van der Waals surface area contributed by atoms with E-state index in [4.69, 9.17) is 16.1 Å². The number of halogens is 1. The average Bonchev–Trinajstić information content (AvgIpc) is 2.63. The van der Waals surface area contributed by atoms with E-state index in [0.717, 1.165) is 5.75 Å². The van der Waals surface area contributed by atoms with E-state index >= 15 is 0 Å². The molecule has 0 fully saturated rings. The number of aromatic nitrogens is 1. The van der Waals surface area contributed by atoms with E-state index in [1.54, 1.807) is 11.8 Å². The molecule has 5 heteroatoms. The first-order chi connectivity index (χ1) is 8.18. The van der Waals surface area contributed by atoms with Crippen molar-refractivity contribution < 1.29 is 4.52 Å². The maximum Gasteiger partial charge on any atom is 0.298 e. The van der Waals surface area contributed by atoms with Crippen molar-refractivity contribution in [3.63, 3.8) is 0 Å². The number of aromatic amines is 1. The van der Waals surface area contributed by atoms with Crippen LogP contribution in [-0.2, 0) is 11.5 Å². The minimum atomic E-state index is -0.363. The van der Waals surface area contributed by atoms with Gasteiger partial charge in [0.1, 0.15) is 0 Å². The van der Waals surface area contributed by atoms with Gasteiger partial charge in [-0.05, 0) is 18.1 Å². The summed E-state index contributed by atoms with van der Waals surface area (Å²) in [6, 6.07) is 8.22. The van der Waals surface area contributed by atoms with Crippen LogP contribution >= 0.6 is 23.4 Å². The number of H-pyrrole nitrogens is 1. The number of rotatable bonds is 4. The van der Waals surface area contributed by atoms with E-state index in [0.29, 0.717) is 11.5 Å². The molecule has 0 spiro atoms. The maximum atomic E-state index is 11.0. The number of hydrogen-bond donors (Lipinski definition) is 1. The molecule has 1 heterocycles. The molecule has 0 atom stereocenters. The molecule has 2 aromatic rings. The predicted octanol–water partition coefficient (Wildman–Crippen LogP) is 3.36. The summed E-state index contributed by atoms with van der Waals surface area (Å²) in [6.45, 7) is 2.08. The number of benzene rings is 1. The van der Waals surface area contributed by atoms with Gasteiger partial charge in [0.05, 0.1) is 5.75 Å². The van der Waals surface area contributed by atoms with Gasteiger partial charge >= 0.3 is 0 Å². The second kappa shape index (κ2) is 5.47. The smallest absolute Gasteiger partial charge is 0.298 e. The van der Waals surface area contributed by atoms with Crippen LogP contribution in [0, 0.1) is 6.92 Å². The minimum Gasteiger partial charge on any atom is -0.381 e. The Morgan fingerprint density at radius 3 is 2.76 bits per heavy atom. The van der Waals surface area contributed by atoms with Gasteiger partial charge in [0.25, 0.3) is 5.56 Å². The molecular formula is C12H12ClNO2S. The van der Waals surface area contributed by atoms with Crippen LogP contribution in [0.1, 0.15) is 16.9 Å². The highest BCUT2D eigenvalue weighted by Gasteiger charge is 2.09. The van der Waals surface area contributed by atoms with E-state index in [1.807, 2.05) is 12.1 Å². The van der Waals surface area contributed by atoms with Crippen LogP contribution in [0.2, 0.25) is 5.02 Å². The number of nitrogens with one attached hydrogen (secondary N) is 1. The molecule has 0 aliphatic heterocycles. The third-order valence-corrected chi connectivity index (χ3v) is 3.83. The molecule has 3 nitrogen and oxygen atoms in total. The minimum absolute atomic E-state index is 0.155. The second-order valence-corrected chi connectivity index (χ2v) is 5.05. The van der Waals surface area contributed by atoms with Crippen LogP contribution in [0.15, 0.2) is 33.6 Å². The summed E-state index contributed by atoms with van der Waals surface area (Å²) in [5.74, 6) is 1.97. The van der Waals surface area contributed by atoms with Crippen molar-refractivity contribution in [2.24, 2.45) is 0 Å². The van der Waals surface area contributed by atoms with E-state index < -0.39 is 0 Å². The fourth-order valence-corrected chi connectivity index (χ4v) is 2.70. The third-order valence-electron chi connectivity index (χ3n) is 2.46. The molecule has 0 radical (unpaired) electrons. The van der Waals surface area contributed by atoms with Crippen molar-refractivity contribution in [2.45, 2.75) is 18.4 Å². The van der Waals surface area contributed by atoms with Gasteiger partial charge in [-0.15, -0.1) is 11.8 Å². The fourth-order valence-electron chi connectivity index (χ4n) is 1.44. The summed E-state index contributed by atoms with van der Waals surface area (Å²) in [7, 11) is 0. The summed E-state index contributed by atoms with van der Waals surface area (Å²) in [6.07, 6.45) is 0. The Kier molecular flexibility index (Phi) is 3.97. The molecule has 0 saturated carbocycles. The van der Waals surface area contributed by atoms with Crippen LogP contribution in [-0.4, -0.2) is 5.16 Å². The van der Waals surface area contributed by atoms with Crippen LogP contribution in [0.4, 0.5) is 0 Å². The molecule has 0 saturated heterocycles. The van der Waals surface area contributed by atoms with Crippen molar-refractivity contribution in [1.29, 1.82) is 0 Å². The Morgan fingerprint density at radius 1 is 1.35 bits per heavy atom. The highest BCUT2D eigenvalue weighted by Crippen LogP contribution is 2.22. The van der Waals surface area contributed by atoms with Crippen molar-refractivity contribution >= 4 is 23.4 Å². The molecule has 0 aliphatic rings. The third kappa shape index (κ3) is 2.96. The molecule has 90 valence electrons. The van der Waals surface area contributed by atoms with Gasteiger partial charge in [-0.3, -0.25) is 4.79 Å². The number of aryl methyl sites for hydroxylation is 1. The normalized spacial score (nSPS) is 10.7. The van der Waals surface area contributed by atoms with Crippen LogP contribution < -0.4 is 5.56 Å². The maximum absolute atomic E-state index is 11.0. The summed E-state index contributed by atoms with van der Waals surface area (Å²) in [5.41, 5.74) is 2.19. The van der Waals surface area contributed by atoms with E-state index in [1.165, 1.54) is 11.1 Å². The first-order valence-corrected chi connectivity index (χ1v) is 6.70. The summed E-state index contributed by atoms with van der Waals surface area (Å²) in [4.78, 5) is 11.0. The lowest BCUT2D eigenvalue weighted by atomic mass is 10.1. The summed E-state index contributed by atoms with van der Waals surface area (Å²) >= 11 is 7.43. The predicted molar refractivity (Wildman–Crippen MR) is 70.5 cm³/mol. The topological polar surface area (TPSA) is 46.0 Å². The van der Waals surface area contributed by atoms with Gasteiger partial charge in [-0.25, -0.2) is 0 Å². The Bertz CT molecular complexity index is 562. The molecule has 1 aromatic heterocycles. The first kappa shape index (κ1) is 12.3. The van der Waals surface area contributed by atoms with E-state index in [9.17, 15) is 4.79 Å². The zero-order valence-electron chi connectivity index (χ0n) is 9.33. The van der Waals surface area contributed by atoms with Crippen LogP contribution in [0.5, 0.6) is 0 Å². The van der Waals surface area contributed by atoms with E-state index in [-0.39, 0.29) is 10.6 Å². The lowest BCUT2D eigenvalue weighted by Crippen LogP contribution is -1.97. The Balaban J connectivity index is 1.94. The SMILES string of the molecule is Cc1ccccc1CSCc1o[nH]c(=O)c1Cl. The molecule has 17 heavy (non-hydrogen) atoms. The lowest BCUT2D eigenvalue weighted by Gasteiger charge is -2.03. The van der Waals surface area contributed by atoms with Gasteiger partial charge in [0, 0.05) is 5.75 Å². The zero-order chi connectivity index (χ0) is 12.3. The zero-order valence-corrected chi connectivity index (χ0v) is 10.9. The largest absolute Gasteiger partial charge is 0.381 e. The highest BCUT2D eigenvalue weighted by atomic mass is 35.5. The van der Waals surface area contributed by atoms with Gasteiger partial charge in [-0.1, -0.05) is 35.9 Å². The Hall–Kier alpha value is -1.13. The Labute approximate surface area is 108 Å². The summed E-state index contributed by atoms with van der Waals surface area (Å²) in [5, 5.41) is 2.38. The molecule has 0 unspecified atom stereocenters. The molecular weight excluding hydrogens is 258 g/mol. The van der Waals surface area contributed by atoms with Gasteiger partial charge in [-0.2, -0.15) is 5.16 Å². The van der Waals surface area contributed by atoms with Crippen LogP contribution in [0.3, 0.4) is 0 Å². The molecule has 1 N–H and O–H groups in total. The first-order valence-electron chi connectivity index (χ1n) is 5.16. The molecule has 0 bridgehead atoms. The van der Waals surface area contributed by atoms with Crippen molar-refractivity contribution in [3.05, 3.63) is 56.5 Å². The quantitative estimate of drug-likeness (QED) is 0.926. The van der Waals surface area contributed by atoms with E-state index in [2.05, 4.69) is 24.2 Å². The van der Waals surface area contributed by atoms with Crippen molar-refractivity contribution in [2.75, 3.05) is 0 Å². The second-order valence-electron chi connectivity index (χ2n) is 3.69. The van der Waals surface area contributed by atoms with Gasteiger partial charge in [0.15, 0.2) is 10.8 Å². The monoisotopic (exact) mass is 269 g/mol. The fraction of sp³-hybridized carbons (Fsp3) is 0.250. The number of hydrogen-bond acceptors (Lipinski definition) is 3. The van der Waals surface area contributed by atoms with Crippen LogP contribution in [0.25, 0.3) is 0 Å². The molecule has 0 amide bonds. The van der Waals surface area contributed by atoms with Crippen molar-refractivity contribution in [1.82, 2.24) is 5.16 Å². The van der Waals surface area contributed by atoms with Gasteiger partial charge < -0.3 is 4.52 Å². The summed E-state index contributed by atoms with van der Waals surface area (Å²) < 4.78 is 4.97. The number of thioether (sulfide) groups is 1. The van der Waals surface area contributed by atoms with Gasteiger partial charge in [0.2, 0.25) is 0 Å². The Morgan fingerprint density at radius 2 is 2.12 bits per heavy atom. The average molecular weight is 270 g/mol. The molecule has 1 aromatic carbocycles. The van der Waals surface area contributed by atoms with Crippen molar-refractivity contribution in [3.8, 4) is 0 Å².